The number of carbonyl (C=O) groups is 1. The van der Waals surface area contributed by atoms with Gasteiger partial charge in [-0.15, -0.1) is 10.2 Å². The third-order valence-electron chi connectivity index (χ3n) is 6.06. The molecule has 0 spiro atoms. The molecule has 1 fully saturated rings. The second-order valence-corrected chi connectivity index (χ2v) is 8.48. The normalized spacial score (nSPS) is 13.8. The van der Waals surface area contributed by atoms with Gasteiger partial charge < -0.3 is 14.2 Å². The number of rotatable bonds is 4. The van der Waals surface area contributed by atoms with Gasteiger partial charge in [0.05, 0.1) is 5.56 Å². The number of hydrogen-bond acceptors (Lipinski definition) is 7. The van der Waals surface area contributed by atoms with Crippen LogP contribution in [0.4, 0.5) is 5.82 Å². The van der Waals surface area contributed by atoms with Gasteiger partial charge in [0, 0.05) is 49.1 Å². The van der Waals surface area contributed by atoms with Crippen LogP contribution in [-0.2, 0) is 0 Å². The number of aromatic nitrogens is 3. The summed E-state index contributed by atoms with van der Waals surface area (Å²) in [5.74, 6) is 1.53. The van der Waals surface area contributed by atoms with Crippen molar-refractivity contribution in [3.63, 3.8) is 0 Å². The van der Waals surface area contributed by atoms with E-state index in [2.05, 4.69) is 26.2 Å². The molecular formula is C27H24N6O2. The topological polar surface area (TPSA) is 99.2 Å². The molecule has 1 aliphatic heterocycles. The largest absolute Gasteiger partial charge is 0.416 e. The fraction of sp³-hybridized carbons (Fsp3) is 0.222. The molecule has 8 heteroatoms. The van der Waals surface area contributed by atoms with E-state index < -0.39 is 0 Å². The lowest BCUT2D eigenvalue weighted by Gasteiger charge is -2.23. The van der Waals surface area contributed by atoms with E-state index in [1.807, 2.05) is 48.2 Å². The molecule has 1 amide bonds. The van der Waals surface area contributed by atoms with Crippen LogP contribution in [0.5, 0.6) is 0 Å². The van der Waals surface area contributed by atoms with Crippen LogP contribution in [0.15, 0.2) is 71.3 Å². The van der Waals surface area contributed by atoms with E-state index in [0.29, 0.717) is 48.4 Å². The van der Waals surface area contributed by atoms with Crippen molar-refractivity contribution in [2.24, 2.45) is 0 Å². The van der Waals surface area contributed by atoms with Gasteiger partial charge in [0.1, 0.15) is 11.9 Å². The Kier molecular flexibility index (Phi) is 6.22. The van der Waals surface area contributed by atoms with E-state index in [1.54, 1.807) is 30.5 Å². The molecule has 0 bridgehead atoms. The van der Waals surface area contributed by atoms with Crippen molar-refractivity contribution in [1.82, 2.24) is 20.1 Å². The van der Waals surface area contributed by atoms with Gasteiger partial charge in [-0.2, -0.15) is 5.26 Å². The zero-order valence-electron chi connectivity index (χ0n) is 19.4. The highest BCUT2D eigenvalue weighted by Crippen LogP contribution is 2.25. The number of benzene rings is 2. The number of hydrogen-bond donors (Lipinski definition) is 0. The number of carbonyl (C=O) groups excluding carboxylic acids is 1. The number of anilines is 1. The van der Waals surface area contributed by atoms with Crippen LogP contribution in [0.3, 0.4) is 0 Å². The van der Waals surface area contributed by atoms with Gasteiger partial charge in [-0.05, 0) is 61.9 Å². The summed E-state index contributed by atoms with van der Waals surface area (Å²) in [6.45, 7) is 4.59. The predicted molar refractivity (Wildman–Crippen MR) is 132 cm³/mol. The van der Waals surface area contributed by atoms with Crippen LogP contribution in [0, 0.1) is 18.3 Å². The van der Waals surface area contributed by atoms with Gasteiger partial charge in [-0.3, -0.25) is 4.79 Å². The summed E-state index contributed by atoms with van der Waals surface area (Å²) in [6, 6.07) is 20.9. The molecule has 0 saturated carbocycles. The summed E-state index contributed by atoms with van der Waals surface area (Å²) in [6.07, 6.45) is 2.49. The van der Waals surface area contributed by atoms with E-state index in [4.69, 9.17) is 4.42 Å². The summed E-state index contributed by atoms with van der Waals surface area (Å²) in [5.41, 5.74) is 3.91. The van der Waals surface area contributed by atoms with Gasteiger partial charge in [0.15, 0.2) is 0 Å². The highest BCUT2D eigenvalue weighted by molar-refractivity contribution is 5.94. The number of nitrogens with zero attached hydrogens (tertiary/aromatic N) is 6. The fourth-order valence-corrected chi connectivity index (χ4v) is 4.24. The molecule has 8 nitrogen and oxygen atoms in total. The maximum absolute atomic E-state index is 13.2. The second-order valence-electron chi connectivity index (χ2n) is 8.48. The lowest BCUT2D eigenvalue weighted by molar-refractivity contribution is 0.0767. The van der Waals surface area contributed by atoms with Crippen molar-refractivity contribution in [2.45, 2.75) is 13.3 Å². The van der Waals surface area contributed by atoms with Crippen LogP contribution in [0.1, 0.15) is 27.9 Å². The SMILES string of the molecule is Cc1cccc(-c2nnc(-c3ccc(C(=O)N4CCCN(c5ncccc5C#N)CC4)cc3)o2)c1. The van der Waals surface area contributed by atoms with Crippen molar-refractivity contribution in [3.8, 4) is 29.0 Å². The van der Waals surface area contributed by atoms with Crippen LogP contribution in [0.25, 0.3) is 22.9 Å². The highest BCUT2D eigenvalue weighted by Gasteiger charge is 2.22. The van der Waals surface area contributed by atoms with Crippen molar-refractivity contribution < 1.29 is 9.21 Å². The first-order valence-corrected chi connectivity index (χ1v) is 11.5. The van der Waals surface area contributed by atoms with Gasteiger partial charge in [-0.1, -0.05) is 17.7 Å². The number of nitriles is 1. The zero-order chi connectivity index (χ0) is 24.2. The smallest absolute Gasteiger partial charge is 0.253 e. The van der Waals surface area contributed by atoms with E-state index in [1.165, 1.54) is 0 Å². The summed E-state index contributed by atoms with van der Waals surface area (Å²) in [5, 5.41) is 17.7. The van der Waals surface area contributed by atoms with Crippen LogP contribution < -0.4 is 4.90 Å². The van der Waals surface area contributed by atoms with E-state index in [9.17, 15) is 10.1 Å². The lowest BCUT2D eigenvalue weighted by atomic mass is 10.1. The molecule has 0 aliphatic carbocycles. The Balaban J connectivity index is 1.27. The molecule has 0 atom stereocenters. The summed E-state index contributed by atoms with van der Waals surface area (Å²) >= 11 is 0. The quantitative estimate of drug-likeness (QED) is 0.443. The molecule has 2 aromatic heterocycles. The molecule has 4 aromatic rings. The highest BCUT2D eigenvalue weighted by atomic mass is 16.4. The first-order chi connectivity index (χ1) is 17.1. The Morgan fingerprint density at radius 3 is 2.51 bits per heavy atom. The molecule has 0 N–H and O–H groups in total. The van der Waals surface area contributed by atoms with Crippen LogP contribution >= 0.6 is 0 Å². The van der Waals surface area contributed by atoms with Gasteiger partial charge in [-0.25, -0.2) is 4.98 Å². The van der Waals surface area contributed by atoms with Crippen molar-refractivity contribution in [1.29, 1.82) is 5.26 Å². The lowest BCUT2D eigenvalue weighted by Crippen LogP contribution is -2.35. The minimum absolute atomic E-state index is 0.0223. The average Bonchev–Trinajstić information content (AvgIpc) is 3.27. The van der Waals surface area contributed by atoms with Crippen LogP contribution in [-0.4, -0.2) is 52.2 Å². The first-order valence-electron chi connectivity index (χ1n) is 11.5. The van der Waals surface area contributed by atoms with Gasteiger partial charge >= 0.3 is 0 Å². The summed E-state index contributed by atoms with van der Waals surface area (Å²) in [7, 11) is 0. The monoisotopic (exact) mass is 464 g/mol. The molecule has 2 aromatic carbocycles. The Morgan fingerprint density at radius 2 is 1.74 bits per heavy atom. The molecule has 1 saturated heterocycles. The van der Waals surface area contributed by atoms with E-state index in [0.717, 1.165) is 29.7 Å². The average molecular weight is 465 g/mol. The predicted octanol–water partition coefficient (Wildman–Crippen LogP) is 4.33. The number of amides is 1. The van der Waals surface area contributed by atoms with E-state index in [-0.39, 0.29) is 5.91 Å². The van der Waals surface area contributed by atoms with Gasteiger partial charge in [0.2, 0.25) is 11.8 Å². The third-order valence-corrected chi connectivity index (χ3v) is 6.06. The molecule has 35 heavy (non-hydrogen) atoms. The third kappa shape index (κ3) is 4.75. The Morgan fingerprint density at radius 1 is 0.943 bits per heavy atom. The maximum Gasteiger partial charge on any atom is 0.253 e. The molecule has 0 radical (unpaired) electrons. The molecule has 0 unspecified atom stereocenters. The Labute approximate surface area is 203 Å². The van der Waals surface area contributed by atoms with E-state index >= 15 is 0 Å². The number of pyridine rings is 1. The maximum atomic E-state index is 13.2. The van der Waals surface area contributed by atoms with Crippen molar-refractivity contribution in [2.75, 3.05) is 31.1 Å². The zero-order valence-corrected chi connectivity index (χ0v) is 19.4. The summed E-state index contributed by atoms with van der Waals surface area (Å²) in [4.78, 5) is 21.5. The molecule has 3 heterocycles. The summed E-state index contributed by atoms with van der Waals surface area (Å²) < 4.78 is 5.86. The Bertz CT molecular complexity index is 1390. The van der Waals surface area contributed by atoms with Crippen molar-refractivity contribution >= 4 is 11.7 Å². The molecule has 174 valence electrons. The van der Waals surface area contributed by atoms with Crippen molar-refractivity contribution in [3.05, 3.63) is 83.6 Å². The molecule has 5 rings (SSSR count). The fourth-order valence-electron chi connectivity index (χ4n) is 4.24. The van der Waals surface area contributed by atoms with Crippen LogP contribution in [0.2, 0.25) is 0 Å². The minimum atomic E-state index is -0.0223. The second kappa shape index (κ2) is 9.77. The number of aryl methyl sites for hydroxylation is 1. The Hall–Kier alpha value is -4.51. The minimum Gasteiger partial charge on any atom is -0.416 e. The molecule has 1 aliphatic rings. The standard InChI is InChI=1S/C27H24N6O2/c1-19-5-2-6-22(17-19)26-31-30-25(35-26)20-8-10-21(11-9-20)27(34)33-14-4-13-32(15-16-33)24-23(18-28)7-3-12-29-24/h2-3,5-12,17H,4,13-16H2,1H3. The first kappa shape index (κ1) is 22.3. The van der Waals surface area contributed by atoms with Gasteiger partial charge in [0.25, 0.3) is 5.91 Å². The molecular weight excluding hydrogens is 440 g/mol.